The van der Waals surface area contributed by atoms with Gasteiger partial charge in [0.15, 0.2) is 5.16 Å². The van der Waals surface area contributed by atoms with Crippen LogP contribution in [0.25, 0.3) is 0 Å². The average molecular weight is 212 g/mol. The minimum absolute atomic E-state index is 0.695. The van der Waals surface area contributed by atoms with E-state index in [1.165, 1.54) is 19.3 Å². The van der Waals surface area contributed by atoms with Crippen molar-refractivity contribution in [2.24, 2.45) is 7.05 Å². The minimum atomic E-state index is 0.695. The predicted molar refractivity (Wildman–Crippen MR) is 57.3 cm³/mol. The molecule has 0 radical (unpaired) electrons. The Morgan fingerprint density at radius 1 is 1.57 bits per heavy atom. The maximum Gasteiger partial charge on any atom is 0.191 e. The van der Waals surface area contributed by atoms with Crippen LogP contribution in [0.3, 0.4) is 0 Å². The van der Waals surface area contributed by atoms with Crippen LogP contribution in [-0.2, 0) is 7.05 Å². The summed E-state index contributed by atoms with van der Waals surface area (Å²) in [6, 6.07) is 0.695. The zero-order valence-corrected chi connectivity index (χ0v) is 9.42. The molecule has 2 unspecified atom stereocenters. The third-order valence-corrected chi connectivity index (χ3v) is 4.08. The maximum absolute atomic E-state index is 4.09. The van der Waals surface area contributed by atoms with Gasteiger partial charge in [-0.1, -0.05) is 11.8 Å². The number of rotatable bonds is 3. The van der Waals surface area contributed by atoms with Crippen LogP contribution in [0.5, 0.6) is 0 Å². The fraction of sp³-hybridized carbons (Fsp3) is 0.778. The van der Waals surface area contributed by atoms with E-state index in [1.54, 1.807) is 6.33 Å². The van der Waals surface area contributed by atoms with Crippen LogP contribution in [-0.4, -0.2) is 33.1 Å². The number of nitrogens with one attached hydrogen (secondary N) is 1. The van der Waals surface area contributed by atoms with Gasteiger partial charge in [0.2, 0.25) is 0 Å². The van der Waals surface area contributed by atoms with Crippen molar-refractivity contribution in [3.8, 4) is 0 Å². The fourth-order valence-corrected chi connectivity index (χ4v) is 3.03. The third-order valence-electron chi connectivity index (χ3n) is 2.73. The van der Waals surface area contributed by atoms with Crippen LogP contribution in [0.4, 0.5) is 0 Å². The minimum Gasteiger partial charge on any atom is -0.317 e. The molecule has 5 heteroatoms. The predicted octanol–water partition coefficient (Wildman–Crippen LogP) is 1.05. The SMILES string of the molecule is CNC1CCC(Sc2nncn2C)C1. The Morgan fingerprint density at radius 2 is 2.43 bits per heavy atom. The van der Waals surface area contributed by atoms with E-state index in [0.717, 1.165) is 5.16 Å². The quantitative estimate of drug-likeness (QED) is 0.813. The second-order valence-electron chi connectivity index (χ2n) is 3.76. The van der Waals surface area contributed by atoms with E-state index in [4.69, 9.17) is 0 Å². The Kier molecular flexibility index (Phi) is 3.08. The van der Waals surface area contributed by atoms with Gasteiger partial charge in [0.25, 0.3) is 0 Å². The van der Waals surface area contributed by atoms with E-state index >= 15 is 0 Å². The first-order valence-electron chi connectivity index (χ1n) is 4.97. The summed E-state index contributed by atoms with van der Waals surface area (Å²) in [5.41, 5.74) is 0. The molecule has 4 nitrogen and oxygen atoms in total. The molecule has 14 heavy (non-hydrogen) atoms. The molecule has 1 N–H and O–H groups in total. The lowest BCUT2D eigenvalue weighted by atomic mass is 10.3. The summed E-state index contributed by atoms with van der Waals surface area (Å²) in [6.45, 7) is 0. The maximum atomic E-state index is 4.09. The largest absolute Gasteiger partial charge is 0.317 e. The molecule has 1 aliphatic rings. The summed E-state index contributed by atoms with van der Waals surface area (Å²) in [4.78, 5) is 0. The Hall–Kier alpha value is -0.550. The normalized spacial score (nSPS) is 27.0. The Morgan fingerprint density at radius 3 is 3.00 bits per heavy atom. The van der Waals surface area contributed by atoms with Crippen LogP contribution in [0.2, 0.25) is 0 Å². The molecular formula is C9H16N4S. The first-order valence-corrected chi connectivity index (χ1v) is 5.85. The van der Waals surface area contributed by atoms with Crippen molar-refractivity contribution in [1.29, 1.82) is 0 Å². The highest BCUT2D eigenvalue weighted by Crippen LogP contribution is 2.33. The van der Waals surface area contributed by atoms with Gasteiger partial charge in [-0.25, -0.2) is 0 Å². The lowest BCUT2D eigenvalue weighted by Gasteiger charge is -2.09. The first-order chi connectivity index (χ1) is 6.79. The molecule has 1 saturated carbocycles. The van der Waals surface area contributed by atoms with E-state index in [1.807, 2.05) is 30.4 Å². The monoisotopic (exact) mass is 212 g/mol. The second kappa shape index (κ2) is 4.31. The van der Waals surface area contributed by atoms with Gasteiger partial charge in [0.05, 0.1) is 0 Å². The van der Waals surface area contributed by atoms with Crippen LogP contribution < -0.4 is 5.32 Å². The lowest BCUT2D eigenvalue weighted by Crippen LogP contribution is -2.21. The van der Waals surface area contributed by atoms with Gasteiger partial charge in [0, 0.05) is 18.3 Å². The number of thioether (sulfide) groups is 1. The smallest absolute Gasteiger partial charge is 0.191 e. The molecule has 0 aromatic carbocycles. The van der Waals surface area contributed by atoms with Crippen LogP contribution >= 0.6 is 11.8 Å². The van der Waals surface area contributed by atoms with Gasteiger partial charge in [0.1, 0.15) is 6.33 Å². The fourth-order valence-electron chi connectivity index (χ4n) is 1.84. The summed E-state index contributed by atoms with van der Waals surface area (Å²) in [7, 11) is 4.03. The molecule has 1 fully saturated rings. The van der Waals surface area contributed by atoms with E-state index in [2.05, 4.69) is 15.5 Å². The Balaban J connectivity index is 1.90. The molecular weight excluding hydrogens is 196 g/mol. The number of hydrogen-bond acceptors (Lipinski definition) is 4. The Bertz CT molecular complexity index is 299. The van der Waals surface area contributed by atoms with E-state index in [9.17, 15) is 0 Å². The number of hydrogen-bond donors (Lipinski definition) is 1. The molecule has 1 aliphatic carbocycles. The van der Waals surface area contributed by atoms with Crippen LogP contribution in [0, 0.1) is 0 Å². The van der Waals surface area contributed by atoms with Crippen molar-refractivity contribution in [1.82, 2.24) is 20.1 Å². The Labute approximate surface area is 88.5 Å². The molecule has 1 aromatic rings. The molecule has 0 aliphatic heterocycles. The van der Waals surface area contributed by atoms with Crippen LogP contribution in [0.15, 0.2) is 11.5 Å². The second-order valence-corrected chi connectivity index (χ2v) is 5.03. The lowest BCUT2D eigenvalue weighted by molar-refractivity contribution is 0.583. The highest BCUT2D eigenvalue weighted by molar-refractivity contribution is 7.99. The van der Waals surface area contributed by atoms with E-state index in [0.29, 0.717) is 11.3 Å². The average Bonchev–Trinajstić information content (AvgIpc) is 2.77. The van der Waals surface area contributed by atoms with Crippen molar-refractivity contribution in [2.45, 2.75) is 35.7 Å². The summed E-state index contributed by atoms with van der Waals surface area (Å²) < 4.78 is 1.98. The van der Waals surface area contributed by atoms with Gasteiger partial charge in [-0.2, -0.15) is 0 Å². The zero-order valence-electron chi connectivity index (χ0n) is 8.60. The number of aromatic nitrogens is 3. The van der Waals surface area contributed by atoms with Gasteiger partial charge in [-0.15, -0.1) is 10.2 Å². The molecule has 0 amide bonds. The molecule has 1 heterocycles. The van der Waals surface area contributed by atoms with Crippen molar-refractivity contribution in [2.75, 3.05) is 7.05 Å². The first kappa shape index (κ1) is 9.98. The molecule has 1 aromatic heterocycles. The highest BCUT2D eigenvalue weighted by atomic mass is 32.2. The van der Waals surface area contributed by atoms with E-state index < -0.39 is 0 Å². The summed E-state index contributed by atoms with van der Waals surface area (Å²) in [5.74, 6) is 0. The van der Waals surface area contributed by atoms with Gasteiger partial charge in [-0.3, -0.25) is 0 Å². The van der Waals surface area contributed by atoms with Crippen molar-refractivity contribution in [3.63, 3.8) is 0 Å². The number of aryl methyl sites for hydroxylation is 1. The summed E-state index contributed by atoms with van der Waals surface area (Å²) in [6.07, 6.45) is 5.57. The zero-order chi connectivity index (χ0) is 9.97. The number of nitrogens with zero attached hydrogens (tertiary/aromatic N) is 3. The summed E-state index contributed by atoms with van der Waals surface area (Å²) >= 11 is 1.85. The van der Waals surface area contributed by atoms with Gasteiger partial charge < -0.3 is 9.88 Å². The molecule has 78 valence electrons. The summed E-state index contributed by atoms with van der Waals surface area (Å²) in [5, 5.41) is 13.0. The van der Waals surface area contributed by atoms with Crippen molar-refractivity contribution >= 4 is 11.8 Å². The molecule has 0 saturated heterocycles. The van der Waals surface area contributed by atoms with Crippen molar-refractivity contribution < 1.29 is 0 Å². The van der Waals surface area contributed by atoms with Gasteiger partial charge >= 0.3 is 0 Å². The van der Waals surface area contributed by atoms with E-state index in [-0.39, 0.29) is 0 Å². The van der Waals surface area contributed by atoms with Crippen LogP contribution in [0.1, 0.15) is 19.3 Å². The standard InChI is InChI=1S/C9H16N4S/c1-10-7-3-4-8(5-7)14-9-12-11-6-13(9)2/h6-8,10H,3-5H2,1-2H3. The van der Waals surface area contributed by atoms with Gasteiger partial charge in [-0.05, 0) is 26.3 Å². The molecule has 0 spiro atoms. The molecule has 2 rings (SSSR count). The van der Waals surface area contributed by atoms with Crippen molar-refractivity contribution in [3.05, 3.63) is 6.33 Å². The third kappa shape index (κ3) is 2.09. The highest BCUT2D eigenvalue weighted by Gasteiger charge is 2.25. The molecule has 2 atom stereocenters. The molecule has 0 bridgehead atoms. The topological polar surface area (TPSA) is 42.7 Å².